The highest BCUT2D eigenvalue weighted by molar-refractivity contribution is 7.92. The van der Waals surface area contributed by atoms with Crippen LogP contribution < -0.4 is 19.1 Å². The van der Waals surface area contributed by atoms with Gasteiger partial charge in [0.1, 0.15) is 24.1 Å². The first kappa shape index (κ1) is 33.0. The van der Waals surface area contributed by atoms with Crippen molar-refractivity contribution in [3.05, 3.63) is 82.3 Å². The number of rotatable bonds is 13. The number of hydrogen-bond donors (Lipinski definition) is 1. The van der Waals surface area contributed by atoms with Gasteiger partial charge in [-0.3, -0.25) is 13.9 Å². The van der Waals surface area contributed by atoms with E-state index in [1.54, 1.807) is 55.5 Å². The van der Waals surface area contributed by atoms with Crippen molar-refractivity contribution < 1.29 is 27.5 Å². The number of hydrogen-bond acceptors (Lipinski definition) is 6. The van der Waals surface area contributed by atoms with E-state index in [1.165, 1.54) is 37.3 Å². The molecular weight excluding hydrogens is 601 g/mol. The maximum Gasteiger partial charge on any atom is 0.264 e. The van der Waals surface area contributed by atoms with Crippen molar-refractivity contribution in [2.75, 3.05) is 25.1 Å². The Morgan fingerprint density at radius 2 is 1.57 bits per heavy atom. The van der Waals surface area contributed by atoms with Gasteiger partial charge in [0.25, 0.3) is 10.0 Å². The van der Waals surface area contributed by atoms with Crippen LogP contribution in [0.1, 0.15) is 32.8 Å². The summed E-state index contributed by atoms with van der Waals surface area (Å²) in [5.74, 6) is -0.482. The Labute approximate surface area is 257 Å². The van der Waals surface area contributed by atoms with Crippen molar-refractivity contribution in [1.82, 2.24) is 10.2 Å². The Balaban J connectivity index is 2.18. The SMILES string of the molecule is CCC(C(=O)NC(C)C)N(Cc1c(Cl)cccc1Cl)C(=O)CN(c1cc(OC)ccc1OC)S(=O)(=O)c1ccccc1. The van der Waals surface area contributed by atoms with Crippen molar-refractivity contribution in [1.29, 1.82) is 0 Å². The summed E-state index contributed by atoms with van der Waals surface area (Å²) < 4.78 is 40.0. The van der Waals surface area contributed by atoms with E-state index in [9.17, 15) is 18.0 Å². The number of carbonyl (C=O) groups excluding carboxylic acids is 2. The van der Waals surface area contributed by atoms with E-state index in [0.717, 1.165) is 4.31 Å². The molecule has 0 radical (unpaired) electrons. The Hall–Kier alpha value is -3.47. The molecule has 3 aromatic rings. The predicted molar refractivity (Wildman–Crippen MR) is 165 cm³/mol. The van der Waals surface area contributed by atoms with Gasteiger partial charge in [0.15, 0.2) is 0 Å². The molecule has 226 valence electrons. The van der Waals surface area contributed by atoms with Crippen LogP contribution in [-0.2, 0) is 26.2 Å². The molecule has 0 aliphatic heterocycles. The molecule has 0 heterocycles. The van der Waals surface area contributed by atoms with E-state index in [0.29, 0.717) is 21.4 Å². The smallest absolute Gasteiger partial charge is 0.264 e. The van der Waals surface area contributed by atoms with Gasteiger partial charge in [0.2, 0.25) is 11.8 Å². The first-order valence-electron chi connectivity index (χ1n) is 13.3. The molecule has 12 heteroatoms. The number of sulfonamides is 1. The highest BCUT2D eigenvalue weighted by atomic mass is 35.5. The molecule has 0 bridgehead atoms. The Morgan fingerprint density at radius 1 is 0.929 bits per heavy atom. The van der Waals surface area contributed by atoms with Gasteiger partial charge in [-0.2, -0.15) is 0 Å². The highest BCUT2D eigenvalue weighted by Crippen LogP contribution is 2.36. The van der Waals surface area contributed by atoms with Crippen molar-refractivity contribution >= 4 is 50.7 Å². The minimum atomic E-state index is -4.30. The summed E-state index contributed by atoms with van der Waals surface area (Å²) in [6, 6.07) is 16.2. The third-order valence-electron chi connectivity index (χ3n) is 6.47. The number of nitrogens with one attached hydrogen (secondary N) is 1. The molecule has 0 aliphatic carbocycles. The normalized spacial score (nSPS) is 12.0. The average Bonchev–Trinajstić information content (AvgIpc) is 2.96. The summed E-state index contributed by atoms with van der Waals surface area (Å²) in [5.41, 5.74) is 0.519. The molecule has 0 spiro atoms. The number of carbonyl (C=O) groups is 2. The highest BCUT2D eigenvalue weighted by Gasteiger charge is 2.35. The van der Waals surface area contributed by atoms with E-state index in [4.69, 9.17) is 32.7 Å². The van der Waals surface area contributed by atoms with Crippen LogP contribution in [0.3, 0.4) is 0 Å². The Bertz CT molecular complexity index is 1480. The summed E-state index contributed by atoms with van der Waals surface area (Å²) in [7, 11) is -1.46. The van der Waals surface area contributed by atoms with Crippen LogP contribution in [0.2, 0.25) is 10.0 Å². The third-order valence-corrected chi connectivity index (χ3v) is 8.95. The standard InChI is InChI=1S/C30H35Cl2N3O6S/c1-6-26(30(37)33-20(2)3)34(18-23-24(31)13-10-14-25(23)32)29(36)19-35(42(38,39)22-11-8-7-9-12-22)27-17-21(40-4)15-16-28(27)41-5/h7-17,20,26H,6,18-19H2,1-5H3,(H,33,37). The second kappa shape index (κ2) is 14.6. The quantitative estimate of drug-likeness (QED) is 0.264. The molecule has 3 rings (SSSR count). The predicted octanol–water partition coefficient (Wildman–Crippen LogP) is 5.54. The van der Waals surface area contributed by atoms with Gasteiger partial charge in [-0.05, 0) is 56.7 Å². The maximum atomic E-state index is 14.3. The second-order valence-electron chi connectivity index (χ2n) is 9.67. The van der Waals surface area contributed by atoms with Gasteiger partial charge in [-0.1, -0.05) is 54.4 Å². The van der Waals surface area contributed by atoms with E-state index < -0.39 is 28.5 Å². The zero-order chi connectivity index (χ0) is 31.0. The summed E-state index contributed by atoms with van der Waals surface area (Å²) in [5, 5.41) is 3.47. The van der Waals surface area contributed by atoms with Crippen LogP contribution in [0, 0.1) is 0 Å². The number of nitrogens with zero attached hydrogens (tertiary/aromatic N) is 2. The molecule has 3 aromatic carbocycles. The fourth-order valence-electron chi connectivity index (χ4n) is 4.38. The van der Waals surface area contributed by atoms with Crippen LogP contribution in [0.25, 0.3) is 0 Å². The molecule has 9 nitrogen and oxygen atoms in total. The molecule has 42 heavy (non-hydrogen) atoms. The van der Waals surface area contributed by atoms with E-state index in [2.05, 4.69) is 5.32 Å². The number of ether oxygens (including phenoxy) is 2. The van der Waals surface area contributed by atoms with Crippen molar-refractivity contribution in [3.8, 4) is 11.5 Å². The fourth-order valence-corrected chi connectivity index (χ4v) is 6.33. The lowest BCUT2D eigenvalue weighted by Gasteiger charge is -2.34. The van der Waals surface area contributed by atoms with E-state index >= 15 is 0 Å². The van der Waals surface area contributed by atoms with Crippen molar-refractivity contribution in [3.63, 3.8) is 0 Å². The van der Waals surface area contributed by atoms with Gasteiger partial charge in [-0.15, -0.1) is 0 Å². The first-order valence-corrected chi connectivity index (χ1v) is 15.5. The van der Waals surface area contributed by atoms with Crippen molar-refractivity contribution in [2.24, 2.45) is 0 Å². The summed E-state index contributed by atoms with van der Waals surface area (Å²) >= 11 is 12.9. The number of methoxy groups -OCH3 is 2. The zero-order valence-electron chi connectivity index (χ0n) is 24.1. The van der Waals surface area contributed by atoms with Crippen molar-refractivity contribution in [2.45, 2.75) is 50.7 Å². The lowest BCUT2D eigenvalue weighted by Crippen LogP contribution is -2.53. The topological polar surface area (TPSA) is 105 Å². The lowest BCUT2D eigenvalue weighted by molar-refractivity contribution is -0.140. The monoisotopic (exact) mass is 635 g/mol. The number of benzene rings is 3. The number of anilines is 1. The van der Waals surface area contributed by atoms with Crippen LogP contribution in [0.15, 0.2) is 71.6 Å². The van der Waals surface area contributed by atoms with Crippen LogP contribution in [-0.4, -0.2) is 58.0 Å². The third kappa shape index (κ3) is 7.67. The van der Waals surface area contributed by atoms with Gasteiger partial charge in [0, 0.05) is 34.3 Å². The van der Waals surface area contributed by atoms with Crippen LogP contribution in [0.5, 0.6) is 11.5 Å². The number of amides is 2. The minimum Gasteiger partial charge on any atom is -0.497 e. The minimum absolute atomic E-state index is 0.0343. The fraction of sp³-hybridized carbons (Fsp3) is 0.333. The Kier molecular flexibility index (Phi) is 11.5. The molecule has 0 saturated heterocycles. The average molecular weight is 637 g/mol. The molecule has 1 N–H and O–H groups in total. The van der Waals surface area contributed by atoms with E-state index in [1.807, 2.05) is 13.8 Å². The van der Waals surface area contributed by atoms with Gasteiger partial charge in [0.05, 0.1) is 24.8 Å². The molecule has 1 atom stereocenters. The number of halogens is 2. The molecule has 0 saturated carbocycles. The van der Waals surface area contributed by atoms with Crippen LogP contribution in [0.4, 0.5) is 5.69 Å². The summed E-state index contributed by atoms with van der Waals surface area (Å²) in [4.78, 5) is 28.8. The van der Waals surface area contributed by atoms with Crippen LogP contribution >= 0.6 is 23.2 Å². The van der Waals surface area contributed by atoms with Gasteiger partial charge >= 0.3 is 0 Å². The first-order chi connectivity index (χ1) is 19.9. The van der Waals surface area contributed by atoms with Gasteiger partial charge < -0.3 is 19.7 Å². The molecule has 0 aromatic heterocycles. The summed E-state index contributed by atoms with van der Waals surface area (Å²) in [6.07, 6.45) is 0.250. The Morgan fingerprint density at radius 3 is 2.12 bits per heavy atom. The maximum absolute atomic E-state index is 14.3. The molecule has 0 fully saturated rings. The van der Waals surface area contributed by atoms with Gasteiger partial charge in [-0.25, -0.2) is 8.42 Å². The molecule has 1 unspecified atom stereocenters. The molecular formula is C30H35Cl2N3O6S. The lowest BCUT2D eigenvalue weighted by atomic mass is 10.1. The largest absolute Gasteiger partial charge is 0.497 e. The summed E-state index contributed by atoms with van der Waals surface area (Å²) in [6.45, 7) is 4.60. The second-order valence-corrected chi connectivity index (χ2v) is 12.3. The van der Waals surface area contributed by atoms with E-state index in [-0.39, 0.29) is 41.2 Å². The zero-order valence-corrected chi connectivity index (χ0v) is 26.5. The molecule has 0 aliphatic rings. The molecule has 2 amide bonds.